The van der Waals surface area contributed by atoms with Crippen LogP contribution in [-0.2, 0) is 0 Å². The van der Waals surface area contributed by atoms with E-state index in [0.717, 1.165) is 13.0 Å². The van der Waals surface area contributed by atoms with Crippen molar-refractivity contribution in [3.63, 3.8) is 0 Å². The number of rotatable bonds is 5. The van der Waals surface area contributed by atoms with Crippen LogP contribution in [0.5, 0.6) is 11.5 Å². The van der Waals surface area contributed by atoms with E-state index in [2.05, 4.69) is 19.2 Å². The Bertz CT molecular complexity index is 318. The molecule has 0 radical (unpaired) electrons. The van der Waals surface area contributed by atoms with Gasteiger partial charge in [-0.1, -0.05) is 26.3 Å². The van der Waals surface area contributed by atoms with Crippen molar-refractivity contribution in [2.75, 3.05) is 6.54 Å². The predicted octanol–water partition coefficient (Wildman–Crippen LogP) is 2.79. The van der Waals surface area contributed by atoms with Crippen LogP contribution >= 0.6 is 0 Å². The van der Waals surface area contributed by atoms with E-state index < -0.39 is 0 Å². The molecule has 16 heavy (non-hydrogen) atoms. The molecule has 2 atom stereocenters. The largest absolute Gasteiger partial charge is 0.507 e. The normalized spacial score (nSPS) is 14.7. The lowest BCUT2D eigenvalue weighted by atomic mass is 10.0. The average molecular weight is 223 g/mol. The summed E-state index contributed by atoms with van der Waals surface area (Å²) in [6.45, 7) is 7.14. The smallest absolute Gasteiger partial charge is 0.124 e. The number of hydrogen-bond acceptors (Lipinski definition) is 3. The van der Waals surface area contributed by atoms with Gasteiger partial charge in [-0.05, 0) is 31.5 Å². The molecule has 0 saturated heterocycles. The fourth-order valence-electron chi connectivity index (χ4n) is 1.61. The van der Waals surface area contributed by atoms with Crippen LogP contribution < -0.4 is 5.32 Å². The molecule has 0 bridgehead atoms. The van der Waals surface area contributed by atoms with E-state index in [1.165, 1.54) is 0 Å². The molecule has 1 aromatic carbocycles. The standard InChI is InChI=1S/C13H21NO2/c1-4-9(2)8-14-10(3)13-11(15)6-5-7-12(13)16/h5-7,9-10,14-16H,4,8H2,1-3H3. The Morgan fingerprint density at radius 3 is 2.25 bits per heavy atom. The summed E-state index contributed by atoms with van der Waals surface area (Å²) in [6, 6.07) is 4.78. The van der Waals surface area contributed by atoms with E-state index in [1.54, 1.807) is 18.2 Å². The highest BCUT2D eigenvalue weighted by Crippen LogP contribution is 2.32. The quantitative estimate of drug-likeness (QED) is 0.719. The van der Waals surface area contributed by atoms with Crippen LogP contribution in [0.25, 0.3) is 0 Å². The minimum atomic E-state index is -0.0461. The predicted molar refractivity (Wildman–Crippen MR) is 65.6 cm³/mol. The summed E-state index contributed by atoms with van der Waals surface area (Å²) in [5.41, 5.74) is 0.575. The van der Waals surface area contributed by atoms with Gasteiger partial charge in [0.2, 0.25) is 0 Å². The van der Waals surface area contributed by atoms with E-state index in [9.17, 15) is 10.2 Å². The molecule has 3 N–H and O–H groups in total. The molecule has 0 spiro atoms. The molecule has 0 heterocycles. The van der Waals surface area contributed by atoms with Crippen molar-refractivity contribution in [1.29, 1.82) is 0 Å². The number of phenolic OH excluding ortho intramolecular Hbond substituents is 2. The first-order chi connectivity index (χ1) is 7.56. The van der Waals surface area contributed by atoms with Crippen LogP contribution in [0.15, 0.2) is 18.2 Å². The molecule has 0 aliphatic rings. The summed E-state index contributed by atoms with van der Waals surface area (Å²) >= 11 is 0. The van der Waals surface area contributed by atoms with E-state index in [1.807, 2.05) is 6.92 Å². The van der Waals surface area contributed by atoms with Crippen molar-refractivity contribution in [2.24, 2.45) is 5.92 Å². The molecule has 90 valence electrons. The highest BCUT2D eigenvalue weighted by molar-refractivity contribution is 5.44. The molecule has 0 aliphatic carbocycles. The molecule has 0 saturated carbocycles. The zero-order chi connectivity index (χ0) is 12.1. The Morgan fingerprint density at radius 1 is 1.19 bits per heavy atom. The van der Waals surface area contributed by atoms with Gasteiger partial charge in [-0.15, -0.1) is 0 Å². The molecule has 1 aromatic rings. The number of aromatic hydroxyl groups is 2. The maximum Gasteiger partial charge on any atom is 0.124 e. The second-order valence-electron chi connectivity index (χ2n) is 4.35. The molecular formula is C13H21NO2. The third kappa shape index (κ3) is 3.14. The van der Waals surface area contributed by atoms with Gasteiger partial charge in [-0.25, -0.2) is 0 Å². The second-order valence-corrected chi connectivity index (χ2v) is 4.35. The van der Waals surface area contributed by atoms with Gasteiger partial charge >= 0.3 is 0 Å². The molecule has 3 nitrogen and oxygen atoms in total. The van der Waals surface area contributed by atoms with Crippen molar-refractivity contribution in [2.45, 2.75) is 33.2 Å². The third-order valence-corrected chi connectivity index (χ3v) is 2.96. The van der Waals surface area contributed by atoms with E-state index in [4.69, 9.17) is 0 Å². The molecule has 3 heteroatoms. The Morgan fingerprint density at radius 2 is 1.75 bits per heavy atom. The van der Waals surface area contributed by atoms with Crippen LogP contribution in [0.4, 0.5) is 0 Å². The Kier molecular flexibility index (Phi) is 4.62. The maximum absolute atomic E-state index is 9.68. The fraction of sp³-hybridized carbons (Fsp3) is 0.538. The highest BCUT2D eigenvalue weighted by Gasteiger charge is 2.14. The first-order valence-corrected chi connectivity index (χ1v) is 5.80. The lowest BCUT2D eigenvalue weighted by Crippen LogP contribution is -2.24. The third-order valence-electron chi connectivity index (χ3n) is 2.96. The van der Waals surface area contributed by atoms with Crippen molar-refractivity contribution >= 4 is 0 Å². The summed E-state index contributed by atoms with van der Waals surface area (Å²) in [7, 11) is 0. The number of phenols is 2. The summed E-state index contributed by atoms with van der Waals surface area (Å²) < 4.78 is 0. The van der Waals surface area contributed by atoms with Crippen LogP contribution in [-0.4, -0.2) is 16.8 Å². The van der Waals surface area contributed by atoms with E-state index in [-0.39, 0.29) is 17.5 Å². The van der Waals surface area contributed by atoms with Crippen molar-refractivity contribution in [3.05, 3.63) is 23.8 Å². The monoisotopic (exact) mass is 223 g/mol. The molecule has 0 aliphatic heterocycles. The molecule has 1 rings (SSSR count). The minimum absolute atomic E-state index is 0.0461. The Balaban J connectivity index is 2.69. The van der Waals surface area contributed by atoms with Crippen LogP contribution in [0.2, 0.25) is 0 Å². The lowest BCUT2D eigenvalue weighted by Gasteiger charge is -2.19. The number of benzene rings is 1. The summed E-state index contributed by atoms with van der Waals surface area (Å²) in [6.07, 6.45) is 1.12. The summed E-state index contributed by atoms with van der Waals surface area (Å²) in [5.74, 6) is 0.878. The van der Waals surface area contributed by atoms with Crippen molar-refractivity contribution in [1.82, 2.24) is 5.32 Å². The Labute approximate surface area is 97.1 Å². The van der Waals surface area contributed by atoms with Gasteiger partial charge in [0.15, 0.2) is 0 Å². The van der Waals surface area contributed by atoms with Crippen molar-refractivity contribution in [3.8, 4) is 11.5 Å². The number of hydrogen-bond donors (Lipinski definition) is 3. The van der Waals surface area contributed by atoms with E-state index >= 15 is 0 Å². The SMILES string of the molecule is CCC(C)CNC(C)c1c(O)cccc1O. The Hall–Kier alpha value is -1.22. The molecular weight excluding hydrogens is 202 g/mol. The molecule has 0 amide bonds. The molecule has 0 aromatic heterocycles. The zero-order valence-electron chi connectivity index (χ0n) is 10.2. The van der Waals surface area contributed by atoms with Gasteiger partial charge in [0.25, 0.3) is 0 Å². The zero-order valence-corrected chi connectivity index (χ0v) is 10.2. The van der Waals surface area contributed by atoms with E-state index in [0.29, 0.717) is 11.5 Å². The number of nitrogens with one attached hydrogen (secondary N) is 1. The van der Waals surface area contributed by atoms with Crippen LogP contribution in [0, 0.1) is 5.92 Å². The van der Waals surface area contributed by atoms with Gasteiger partial charge in [-0.3, -0.25) is 0 Å². The van der Waals surface area contributed by atoms with Crippen molar-refractivity contribution < 1.29 is 10.2 Å². The molecule has 0 fully saturated rings. The van der Waals surface area contributed by atoms with Crippen LogP contribution in [0.3, 0.4) is 0 Å². The highest BCUT2D eigenvalue weighted by atomic mass is 16.3. The van der Waals surface area contributed by atoms with Gasteiger partial charge in [0, 0.05) is 6.04 Å². The average Bonchev–Trinajstić information content (AvgIpc) is 2.25. The van der Waals surface area contributed by atoms with Gasteiger partial charge in [0.05, 0.1) is 5.56 Å². The summed E-state index contributed by atoms with van der Waals surface area (Å²) in [4.78, 5) is 0. The minimum Gasteiger partial charge on any atom is -0.507 e. The maximum atomic E-state index is 9.68. The molecule has 2 unspecified atom stereocenters. The fourth-order valence-corrected chi connectivity index (χ4v) is 1.61. The van der Waals surface area contributed by atoms with Gasteiger partial charge in [-0.2, -0.15) is 0 Å². The first kappa shape index (κ1) is 12.8. The summed E-state index contributed by atoms with van der Waals surface area (Å²) in [5, 5.41) is 22.7. The van der Waals surface area contributed by atoms with Gasteiger partial charge in [0.1, 0.15) is 11.5 Å². The first-order valence-electron chi connectivity index (χ1n) is 5.80. The topological polar surface area (TPSA) is 52.5 Å². The van der Waals surface area contributed by atoms with Gasteiger partial charge < -0.3 is 15.5 Å². The second kappa shape index (κ2) is 5.75. The lowest BCUT2D eigenvalue weighted by molar-refractivity contribution is 0.405. The van der Waals surface area contributed by atoms with Crippen LogP contribution in [0.1, 0.15) is 38.8 Å².